The van der Waals surface area contributed by atoms with E-state index < -0.39 is 41.9 Å². The van der Waals surface area contributed by atoms with Crippen molar-refractivity contribution in [3.8, 4) is 11.1 Å². The number of fused-ring (bicyclic) bond motifs is 2. The first-order valence-electron chi connectivity index (χ1n) is 10.8. The Morgan fingerprint density at radius 3 is 2.31 bits per heavy atom. The summed E-state index contributed by atoms with van der Waals surface area (Å²) in [6, 6.07) is 7.77. The molecule has 8 heteroatoms. The second kappa shape index (κ2) is 8.67. The molecular formula is C24H26NO6S-. The van der Waals surface area contributed by atoms with E-state index in [9.17, 15) is 19.5 Å². The Kier molecular flexibility index (Phi) is 6.09. The number of nitrogens with one attached hydrogen (secondary N) is 1. The first-order valence-corrected chi connectivity index (χ1v) is 11.6. The zero-order chi connectivity index (χ0) is 23.2. The summed E-state index contributed by atoms with van der Waals surface area (Å²) in [5.74, 6) is -4.12. The molecule has 2 aliphatic heterocycles. The smallest absolute Gasteiger partial charge is 0.342 e. The van der Waals surface area contributed by atoms with Gasteiger partial charge >= 0.3 is 5.97 Å². The van der Waals surface area contributed by atoms with Crippen LogP contribution in [0.5, 0.6) is 0 Å². The second-order valence-corrected chi connectivity index (χ2v) is 9.93. The molecule has 7 nitrogen and oxygen atoms in total. The molecule has 1 aromatic heterocycles. The fourth-order valence-electron chi connectivity index (χ4n) is 4.67. The van der Waals surface area contributed by atoms with E-state index in [1.54, 1.807) is 13.8 Å². The lowest BCUT2D eigenvalue weighted by Gasteiger charge is -2.27. The summed E-state index contributed by atoms with van der Waals surface area (Å²) in [6.45, 7) is 7.39. The molecule has 170 valence electrons. The summed E-state index contributed by atoms with van der Waals surface area (Å²) in [7, 11) is 0. The maximum Gasteiger partial charge on any atom is 0.342 e. The maximum atomic E-state index is 13.2. The van der Waals surface area contributed by atoms with Crippen LogP contribution in [0.4, 0.5) is 5.00 Å². The van der Waals surface area contributed by atoms with Crippen LogP contribution in [0.1, 0.15) is 47.5 Å². The summed E-state index contributed by atoms with van der Waals surface area (Å²) >= 11 is 1.28. The van der Waals surface area contributed by atoms with Gasteiger partial charge in [0, 0.05) is 22.3 Å². The molecule has 0 saturated carbocycles. The molecule has 2 aliphatic rings. The van der Waals surface area contributed by atoms with Crippen LogP contribution in [0.3, 0.4) is 0 Å². The number of benzene rings is 1. The van der Waals surface area contributed by atoms with E-state index >= 15 is 0 Å². The van der Waals surface area contributed by atoms with Gasteiger partial charge in [-0.3, -0.25) is 4.79 Å². The molecule has 1 aromatic carbocycles. The number of thiophene rings is 1. The van der Waals surface area contributed by atoms with Crippen molar-refractivity contribution in [1.29, 1.82) is 0 Å². The third kappa shape index (κ3) is 4.04. The number of esters is 1. The standard InChI is InChI=1S/C24H27NO6S/c1-11(2)30-24(29)20-17(14-7-5-12(3)6-8-14)13(4)32-22(20)25-21(26)18-15-9-10-16(31-15)19(18)23(27)28/h5-8,11,15-16,18-19H,9-10H2,1-4H3,(H,25,26)(H,27,28)/p-1. The number of ether oxygens (including phenoxy) is 2. The number of aryl methyl sites for hydroxylation is 2. The normalized spacial score (nSPS) is 24.0. The number of hydrogen-bond donors (Lipinski definition) is 1. The Morgan fingerprint density at radius 1 is 1.09 bits per heavy atom. The molecule has 0 aliphatic carbocycles. The third-order valence-electron chi connectivity index (χ3n) is 6.06. The minimum atomic E-state index is -1.28. The van der Waals surface area contributed by atoms with Gasteiger partial charge in [0.05, 0.1) is 24.2 Å². The minimum absolute atomic E-state index is 0.285. The minimum Gasteiger partial charge on any atom is -0.550 e. The molecule has 1 amide bonds. The van der Waals surface area contributed by atoms with Crippen LogP contribution in [0.15, 0.2) is 24.3 Å². The Hall–Kier alpha value is -2.71. The van der Waals surface area contributed by atoms with Gasteiger partial charge in [0.2, 0.25) is 5.91 Å². The van der Waals surface area contributed by atoms with Crippen molar-refractivity contribution in [3.63, 3.8) is 0 Å². The maximum absolute atomic E-state index is 13.2. The van der Waals surface area contributed by atoms with E-state index in [0.717, 1.165) is 16.0 Å². The third-order valence-corrected chi connectivity index (χ3v) is 7.08. The van der Waals surface area contributed by atoms with Gasteiger partial charge in [0.25, 0.3) is 0 Å². The molecule has 4 rings (SSSR count). The monoisotopic (exact) mass is 456 g/mol. The molecule has 4 unspecified atom stereocenters. The molecule has 32 heavy (non-hydrogen) atoms. The molecule has 4 atom stereocenters. The van der Waals surface area contributed by atoms with Crippen LogP contribution >= 0.6 is 11.3 Å². The first-order chi connectivity index (χ1) is 15.2. The lowest BCUT2D eigenvalue weighted by molar-refractivity contribution is -0.313. The van der Waals surface area contributed by atoms with Crippen molar-refractivity contribution in [2.75, 3.05) is 5.32 Å². The molecule has 2 saturated heterocycles. The van der Waals surface area contributed by atoms with Gasteiger partial charge < -0.3 is 24.7 Å². The Balaban J connectivity index is 1.71. The molecule has 0 radical (unpaired) electrons. The number of aliphatic carboxylic acids is 1. The van der Waals surface area contributed by atoms with Crippen LogP contribution in [-0.4, -0.2) is 36.2 Å². The zero-order valence-electron chi connectivity index (χ0n) is 18.5. The van der Waals surface area contributed by atoms with E-state index in [-0.39, 0.29) is 11.7 Å². The number of carboxylic acids is 1. The number of rotatable bonds is 6. The lowest BCUT2D eigenvalue weighted by Crippen LogP contribution is -2.46. The Bertz CT molecular complexity index is 1060. The van der Waals surface area contributed by atoms with Crippen molar-refractivity contribution in [2.24, 2.45) is 11.8 Å². The van der Waals surface area contributed by atoms with Crippen molar-refractivity contribution >= 4 is 34.2 Å². The van der Waals surface area contributed by atoms with Crippen LogP contribution in [0.25, 0.3) is 11.1 Å². The van der Waals surface area contributed by atoms with Crippen molar-refractivity contribution in [1.82, 2.24) is 0 Å². The van der Waals surface area contributed by atoms with E-state index in [2.05, 4.69) is 5.32 Å². The van der Waals surface area contributed by atoms with Crippen molar-refractivity contribution in [2.45, 2.75) is 58.8 Å². The van der Waals surface area contributed by atoms with Gasteiger partial charge in [-0.05, 0) is 46.1 Å². The molecule has 3 heterocycles. The fourth-order valence-corrected chi connectivity index (χ4v) is 5.74. The molecule has 0 spiro atoms. The SMILES string of the molecule is Cc1ccc(-c2c(C)sc(NC(=O)C3C4CCC(O4)C3C(=O)[O-])c2C(=O)OC(C)C)cc1. The Morgan fingerprint density at radius 2 is 1.72 bits per heavy atom. The van der Waals surface area contributed by atoms with Gasteiger partial charge in [0.15, 0.2) is 0 Å². The number of anilines is 1. The number of carbonyl (C=O) groups excluding carboxylic acids is 3. The highest BCUT2D eigenvalue weighted by atomic mass is 32.1. The molecule has 2 bridgehead atoms. The number of hydrogen-bond acceptors (Lipinski definition) is 7. The predicted molar refractivity (Wildman–Crippen MR) is 118 cm³/mol. The molecule has 2 aromatic rings. The molecule has 2 fully saturated rings. The van der Waals surface area contributed by atoms with Crippen LogP contribution in [-0.2, 0) is 19.1 Å². The van der Waals surface area contributed by atoms with E-state index in [4.69, 9.17) is 9.47 Å². The average molecular weight is 457 g/mol. The second-order valence-electron chi connectivity index (χ2n) is 8.71. The molecule has 1 N–H and O–H groups in total. The van der Waals surface area contributed by atoms with Crippen molar-refractivity contribution in [3.05, 3.63) is 40.3 Å². The highest BCUT2D eigenvalue weighted by Gasteiger charge is 2.53. The largest absolute Gasteiger partial charge is 0.550 e. The highest BCUT2D eigenvalue weighted by Crippen LogP contribution is 2.45. The summed E-state index contributed by atoms with van der Waals surface area (Å²) in [5, 5.41) is 14.9. The highest BCUT2D eigenvalue weighted by molar-refractivity contribution is 7.17. The fraction of sp³-hybridized carbons (Fsp3) is 0.458. The lowest BCUT2D eigenvalue weighted by atomic mass is 9.78. The first kappa shape index (κ1) is 22.5. The summed E-state index contributed by atoms with van der Waals surface area (Å²) < 4.78 is 11.2. The number of carbonyl (C=O) groups is 3. The van der Waals surface area contributed by atoms with Gasteiger partial charge in [-0.25, -0.2) is 4.79 Å². The number of amides is 1. The quantitative estimate of drug-likeness (QED) is 0.670. The summed E-state index contributed by atoms with van der Waals surface area (Å²) in [6.07, 6.45) is -0.0498. The van der Waals surface area contributed by atoms with Crippen molar-refractivity contribution < 1.29 is 29.0 Å². The van der Waals surface area contributed by atoms with Gasteiger partial charge in [-0.15, -0.1) is 11.3 Å². The van der Waals surface area contributed by atoms with E-state index in [1.165, 1.54) is 11.3 Å². The van der Waals surface area contributed by atoms with Crippen LogP contribution < -0.4 is 10.4 Å². The topological polar surface area (TPSA) is 105 Å². The number of carboxylic acid groups (broad SMARTS) is 1. The van der Waals surface area contributed by atoms with Gasteiger partial charge in [-0.2, -0.15) is 0 Å². The van der Waals surface area contributed by atoms with E-state index in [1.807, 2.05) is 38.1 Å². The van der Waals surface area contributed by atoms with Crippen LogP contribution in [0.2, 0.25) is 0 Å². The Labute approximate surface area is 190 Å². The van der Waals surface area contributed by atoms with E-state index in [0.29, 0.717) is 23.4 Å². The zero-order valence-corrected chi connectivity index (χ0v) is 19.3. The van der Waals surface area contributed by atoms with Crippen LogP contribution in [0, 0.1) is 25.7 Å². The molecular weight excluding hydrogens is 430 g/mol. The summed E-state index contributed by atoms with van der Waals surface area (Å²) in [5.41, 5.74) is 2.92. The predicted octanol–water partition coefficient (Wildman–Crippen LogP) is 3.08. The average Bonchev–Trinajstić information content (AvgIpc) is 3.41. The van der Waals surface area contributed by atoms with Gasteiger partial charge in [-0.1, -0.05) is 29.8 Å². The summed E-state index contributed by atoms with van der Waals surface area (Å²) in [4.78, 5) is 38.8. The van der Waals surface area contributed by atoms with Gasteiger partial charge in [0.1, 0.15) is 10.6 Å².